The zero-order chi connectivity index (χ0) is 14.5. The minimum absolute atomic E-state index is 0.769. The van der Waals surface area contributed by atoms with Gasteiger partial charge >= 0.3 is 0 Å². The van der Waals surface area contributed by atoms with Crippen LogP contribution in [0.1, 0.15) is 36.0 Å². The molecule has 0 fully saturated rings. The van der Waals surface area contributed by atoms with E-state index in [0.717, 1.165) is 41.1 Å². The van der Waals surface area contributed by atoms with Gasteiger partial charge in [0.1, 0.15) is 11.6 Å². The van der Waals surface area contributed by atoms with Crippen LogP contribution in [0.15, 0.2) is 28.7 Å². The molecule has 0 saturated heterocycles. The number of aryl methyl sites for hydroxylation is 2. The van der Waals surface area contributed by atoms with Crippen molar-refractivity contribution in [3.05, 3.63) is 51.4 Å². The SMILES string of the molecule is CCCc1nc(Cc2ccccc2C)nc(NC)c1Br. The summed E-state index contributed by atoms with van der Waals surface area (Å²) in [6.45, 7) is 4.29. The van der Waals surface area contributed by atoms with Crippen LogP contribution < -0.4 is 5.32 Å². The fourth-order valence-corrected chi connectivity index (χ4v) is 2.74. The van der Waals surface area contributed by atoms with Gasteiger partial charge in [-0.2, -0.15) is 0 Å². The number of anilines is 1. The van der Waals surface area contributed by atoms with Gasteiger partial charge in [-0.05, 0) is 40.4 Å². The Morgan fingerprint density at radius 1 is 1.20 bits per heavy atom. The number of benzene rings is 1. The predicted octanol–water partition coefficient (Wildman–Crippen LogP) is 4.13. The molecule has 106 valence electrons. The molecule has 0 spiro atoms. The zero-order valence-corrected chi connectivity index (χ0v) is 13.8. The molecule has 1 N–H and O–H groups in total. The number of nitrogens with one attached hydrogen (secondary N) is 1. The maximum Gasteiger partial charge on any atom is 0.144 e. The highest BCUT2D eigenvalue weighted by Crippen LogP contribution is 2.25. The molecule has 2 aromatic rings. The van der Waals surface area contributed by atoms with E-state index in [1.54, 1.807) is 0 Å². The summed E-state index contributed by atoms with van der Waals surface area (Å²) < 4.78 is 0.982. The smallest absolute Gasteiger partial charge is 0.144 e. The average Bonchev–Trinajstić information content (AvgIpc) is 2.45. The normalized spacial score (nSPS) is 10.6. The van der Waals surface area contributed by atoms with Crippen molar-refractivity contribution in [2.45, 2.75) is 33.1 Å². The first-order chi connectivity index (χ1) is 9.65. The van der Waals surface area contributed by atoms with Crippen molar-refractivity contribution >= 4 is 21.7 Å². The third kappa shape index (κ3) is 3.37. The summed E-state index contributed by atoms with van der Waals surface area (Å²) in [6.07, 6.45) is 2.80. The monoisotopic (exact) mass is 333 g/mol. The molecule has 1 aromatic heterocycles. The van der Waals surface area contributed by atoms with Crippen LogP contribution in [0.3, 0.4) is 0 Å². The molecule has 0 aliphatic heterocycles. The molecule has 0 radical (unpaired) electrons. The molecule has 3 nitrogen and oxygen atoms in total. The number of aromatic nitrogens is 2. The Morgan fingerprint density at radius 2 is 1.95 bits per heavy atom. The molecule has 0 unspecified atom stereocenters. The largest absolute Gasteiger partial charge is 0.372 e. The molecular weight excluding hydrogens is 314 g/mol. The van der Waals surface area contributed by atoms with E-state index in [9.17, 15) is 0 Å². The second kappa shape index (κ2) is 6.84. The van der Waals surface area contributed by atoms with Gasteiger partial charge in [-0.1, -0.05) is 37.6 Å². The van der Waals surface area contributed by atoms with Crippen LogP contribution in [0.4, 0.5) is 5.82 Å². The van der Waals surface area contributed by atoms with E-state index in [4.69, 9.17) is 4.98 Å². The van der Waals surface area contributed by atoms with Gasteiger partial charge in [-0.3, -0.25) is 0 Å². The average molecular weight is 334 g/mol. The Hall–Kier alpha value is -1.42. The Balaban J connectivity index is 2.37. The quantitative estimate of drug-likeness (QED) is 0.893. The summed E-state index contributed by atoms with van der Waals surface area (Å²) in [6, 6.07) is 8.38. The van der Waals surface area contributed by atoms with Gasteiger partial charge in [0, 0.05) is 13.5 Å². The lowest BCUT2D eigenvalue weighted by atomic mass is 10.1. The van der Waals surface area contributed by atoms with Crippen molar-refractivity contribution in [1.29, 1.82) is 0 Å². The number of hydrogen-bond acceptors (Lipinski definition) is 3. The van der Waals surface area contributed by atoms with E-state index in [1.807, 2.05) is 7.05 Å². The molecule has 1 aromatic carbocycles. The molecule has 4 heteroatoms. The van der Waals surface area contributed by atoms with E-state index >= 15 is 0 Å². The van der Waals surface area contributed by atoms with Crippen LogP contribution in [-0.4, -0.2) is 17.0 Å². The van der Waals surface area contributed by atoms with E-state index in [0.29, 0.717) is 0 Å². The Kier molecular flexibility index (Phi) is 5.12. The molecule has 0 atom stereocenters. The first kappa shape index (κ1) is 15.0. The van der Waals surface area contributed by atoms with Gasteiger partial charge in [-0.25, -0.2) is 9.97 Å². The Labute approximate surface area is 129 Å². The van der Waals surface area contributed by atoms with Crippen molar-refractivity contribution in [2.24, 2.45) is 0 Å². The van der Waals surface area contributed by atoms with Gasteiger partial charge in [0.2, 0.25) is 0 Å². The summed E-state index contributed by atoms with van der Waals surface area (Å²) in [4.78, 5) is 9.31. The maximum atomic E-state index is 4.71. The molecule has 0 bridgehead atoms. The van der Waals surface area contributed by atoms with E-state index in [-0.39, 0.29) is 0 Å². The van der Waals surface area contributed by atoms with Crippen molar-refractivity contribution in [3.8, 4) is 0 Å². The molecule has 20 heavy (non-hydrogen) atoms. The van der Waals surface area contributed by atoms with E-state index in [2.05, 4.69) is 64.3 Å². The number of rotatable bonds is 5. The minimum Gasteiger partial charge on any atom is -0.372 e. The Bertz CT molecular complexity index is 596. The topological polar surface area (TPSA) is 37.8 Å². The van der Waals surface area contributed by atoms with E-state index in [1.165, 1.54) is 11.1 Å². The number of halogens is 1. The lowest BCUT2D eigenvalue weighted by Gasteiger charge is -2.11. The summed E-state index contributed by atoms with van der Waals surface area (Å²) in [5.41, 5.74) is 3.64. The van der Waals surface area contributed by atoms with Crippen molar-refractivity contribution in [1.82, 2.24) is 9.97 Å². The van der Waals surface area contributed by atoms with Crippen molar-refractivity contribution in [3.63, 3.8) is 0 Å². The van der Waals surface area contributed by atoms with Crippen LogP contribution in [0.5, 0.6) is 0 Å². The molecule has 0 amide bonds. The van der Waals surface area contributed by atoms with Gasteiger partial charge in [0.05, 0.1) is 10.2 Å². The maximum absolute atomic E-state index is 4.71. The van der Waals surface area contributed by atoms with Crippen LogP contribution in [0.25, 0.3) is 0 Å². The van der Waals surface area contributed by atoms with Crippen LogP contribution in [0.2, 0.25) is 0 Å². The fourth-order valence-electron chi connectivity index (χ4n) is 2.17. The first-order valence-corrected chi connectivity index (χ1v) is 7.72. The lowest BCUT2D eigenvalue weighted by molar-refractivity contribution is 0.834. The highest BCUT2D eigenvalue weighted by Gasteiger charge is 2.11. The number of hydrogen-bond donors (Lipinski definition) is 1. The van der Waals surface area contributed by atoms with Gasteiger partial charge in [-0.15, -0.1) is 0 Å². The number of nitrogens with zero attached hydrogens (tertiary/aromatic N) is 2. The van der Waals surface area contributed by atoms with Crippen molar-refractivity contribution < 1.29 is 0 Å². The predicted molar refractivity (Wildman–Crippen MR) is 87.3 cm³/mol. The summed E-state index contributed by atoms with van der Waals surface area (Å²) in [5.74, 6) is 1.74. The molecular formula is C16H20BrN3. The Morgan fingerprint density at radius 3 is 2.60 bits per heavy atom. The van der Waals surface area contributed by atoms with Crippen LogP contribution in [-0.2, 0) is 12.8 Å². The third-order valence-electron chi connectivity index (χ3n) is 3.30. The van der Waals surface area contributed by atoms with Gasteiger partial charge in [0.15, 0.2) is 0 Å². The summed E-state index contributed by atoms with van der Waals surface area (Å²) >= 11 is 3.59. The second-order valence-corrected chi connectivity index (χ2v) is 5.65. The van der Waals surface area contributed by atoms with Crippen LogP contribution in [0, 0.1) is 6.92 Å². The second-order valence-electron chi connectivity index (χ2n) is 4.85. The van der Waals surface area contributed by atoms with Gasteiger partial charge < -0.3 is 5.32 Å². The minimum atomic E-state index is 0.769. The fraction of sp³-hybridized carbons (Fsp3) is 0.375. The first-order valence-electron chi connectivity index (χ1n) is 6.93. The van der Waals surface area contributed by atoms with Crippen LogP contribution >= 0.6 is 15.9 Å². The molecule has 0 saturated carbocycles. The zero-order valence-electron chi connectivity index (χ0n) is 12.2. The standard InChI is InChI=1S/C16H20BrN3/c1-4-7-13-15(17)16(18-3)20-14(19-13)10-12-9-6-5-8-11(12)2/h5-6,8-9H,4,7,10H2,1-3H3,(H,18,19,20). The van der Waals surface area contributed by atoms with Gasteiger partial charge in [0.25, 0.3) is 0 Å². The lowest BCUT2D eigenvalue weighted by Crippen LogP contribution is -2.07. The summed E-state index contributed by atoms with van der Waals surface area (Å²) in [7, 11) is 1.89. The molecule has 1 heterocycles. The molecule has 0 aliphatic carbocycles. The van der Waals surface area contributed by atoms with Crippen molar-refractivity contribution in [2.75, 3.05) is 12.4 Å². The van der Waals surface area contributed by atoms with E-state index < -0.39 is 0 Å². The highest BCUT2D eigenvalue weighted by molar-refractivity contribution is 9.10. The summed E-state index contributed by atoms with van der Waals surface area (Å²) in [5, 5.41) is 3.14. The highest BCUT2D eigenvalue weighted by atomic mass is 79.9. The third-order valence-corrected chi connectivity index (χ3v) is 4.13. The molecule has 2 rings (SSSR count). The molecule has 0 aliphatic rings.